The quantitative estimate of drug-likeness (QED) is 0.241. The lowest BCUT2D eigenvalue weighted by Gasteiger charge is -2.46. The Bertz CT molecular complexity index is 1510. The van der Waals surface area contributed by atoms with E-state index < -0.39 is 5.41 Å². The van der Waals surface area contributed by atoms with Gasteiger partial charge in [0.15, 0.2) is 0 Å². The number of ether oxygens (including phenoxy) is 1. The van der Waals surface area contributed by atoms with E-state index in [-0.39, 0.29) is 29.7 Å². The molecule has 43 heavy (non-hydrogen) atoms. The molecule has 3 aromatic rings. The molecule has 228 valence electrons. The lowest BCUT2D eigenvalue weighted by molar-refractivity contribution is -0.158. The van der Waals surface area contributed by atoms with E-state index in [2.05, 4.69) is 46.7 Å². The molecule has 2 bridgehead atoms. The second-order valence-corrected chi connectivity index (χ2v) is 13.4. The Morgan fingerprint density at radius 2 is 1.70 bits per heavy atom. The molecule has 0 spiro atoms. The van der Waals surface area contributed by atoms with Crippen molar-refractivity contribution in [3.05, 3.63) is 65.7 Å². The van der Waals surface area contributed by atoms with Crippen LogP contribution in [-0.4, -0.2) is 69.6 Å². The first-order valence-corrected chi connectivity index (χ1v) is 16.3. The van der Waals surface area contributed by atoms with Crippen molar-refractivity contribution in [2.24, 2.45) is 5.41 Å². The normalized spacial score (nSPS) is 26.0. The summed E-state index contributed by atoms with van der Waals surface area (Å²) in [7, 11) is 0. The van der Waals surface area contributed by atoms with E-state index in [1.54, 1.807) is 13.0 Å². The predicted octanol–water partition coefficient (Wildman–Crippen LogP) is 5.95. The molecule has 0 N–H and O–H groups in total. The number of fused-ring (bicyclic) bond motifs is 3. The summed E-state index contributed by atoms with van der Waals surface area (Å²) in [5.41, 5.74) is 2.17. The highest BCUT2D eigenvalue weighted by atomic mass is 19.1. The van der Waals surface area contributed by atoms with Gasteiger partial charge in [0.25, 0.3) is 0 Å². The smallest absolute Gasteiger partial charge is 0.321 e. The van der Waals surface area contributed by atoms with Crippen LogP contribution >= 0.6 is 0 Å². The maximum Gasteiger partial charge on any atom is 0.321 e. The average molecular weight is 587 g/mol. The number of carbonyl (C=O) groups is 2. The fourth-order valence-electron chi connectivity index (χ4n) is 8.63. The first-order chi connectivity index (χ1) is 20.8. The Balaban J connectivity index is 1.06. The zero-order chi connectivity index (χ0) is 29.8. The van der Waals surface area contributed by atoms with Crippen LogP contribution in [0.3, 0.4) is 0 Å². The minimum atomic E-state index is -0.975. The number of aryl methyl sites for hydroxylation is 1. The van der Waals surface area contributed by atoms with Crippen LogP contribution in [0.4, 0.5) is 4.39 Å². The van der Waals surface area contributed by atoms with Crippen LogP contribution in [0.25, 0.3) is 11.0 Å². The van der Waals surface area contributed by atoms with E-state index in [1.165, 1.54) is 24.4 Å². The van der Waals surface area contributed by atoms with Gasteiger partial charge in [0.1, 0.15) is 17.1 Å². The number of imidazole rings is 1. The molecule has 0 radical (unpaired) electrons. The van der Waals surface area contributed by atoms with Crippen LogP contribution in [-0.2, 0) is 19.7 Å². The van der Waals surface area contributed by atoms with Gasteiger partial charge in [-0.3, -0.25) is 14.5 Å². The number of piperidine rings is 2. The number of aromatic nitrogens is 2. The summed E-state index contributed by atoms with van der Waals surface area (Å²) in [6, 6.07) is 17.1. The second kappa shape index (κ2) is 11.0. The molecular formula is C35H43FN4O3. The molecular weight excluding hydrogens is 543 g/mol. The minimum Gasteiger partial charge on any atom is -0.465 e. The third-order valence-corrected chi connectivity index (χ3v) is 11.1. The lowest BCUT2D eigenvalue weighted by atomic mass is 9.70. The van der Waals surface area contributed by atoms with Gasteiger partial charge in [-0.2, -0.15) is 0 Å². The number of rotatable bonds is 8. The largest absolute Gasteiger partial charge is 0.465 e. The molecule has 4 aliphatic rings. The van der Waals surface area contributed by atoms with Gasteiger partial charge in [-0.05, 0) is 113 Å². The maximum absolute atomic E-state index is 14.5. The number of para-hydroxylation sites is 2. The minimum absolute atomic E-state index is 0.0822. The Morgan fingerprint density at radius 1 is 0.977 bits per heavy atom. The summed E-state index contributed by atoms with van der Waals surface area (Å²) in [5, 5.41) is 0. The molecule has 4 heterocycles. The molecule has 1 amide bonds. The summed E-state index contributed by atoms with van der Waals surface area (Å²) in [6.07, 6.45) is 8.32. The van der Waals surface area contributed by atoms with Crippen molar-refractivity contribution < 1.29 is 18.7 Å². The Kier molecular flexibility index (Phi) is 7.31. The van der Waals surface area contributed by atoms with E-state index >= 15 is 0 Å². The van der Waals surface area contributed by atoms with Gasteiger partial charge in [0, 0.05) is 31.2 Å². The van der Waals surface area contributed by atoms with Crippen LogP contribution in [0.2, 0.25) is 0 Å². The van der Waals surface area contributed by atoms with Crippen molar-refractivity contribution in [3.63, 3.8) is 0 Å². The number of nitrogens with zero attached hydrogens (tertiary/aromatic N) is 4. The van der Waals surface area contributed by atoms with Gasteiger partial charge in [-0.25, -0.2) is 9.37 Å². The number of hydrogen-bond donors (Lipinski definition) is 0. The SMILES string of the molecule is CCOC(=O)C1(C(=O)N2CCC(CCN3[C@@H]4CC[C@H]3CC(n3c(C)nc5ccccc53)C4)(c3cccc(F)c3)CC2)CC1. The van der Waals surface area contributed by atoms with Crippen molar-refractivity contribution in [1.29, 1.82) is 0 Å². The molecule has 3 saturated heterocycles. The molecule has 3 aliphatic heterocycles. The van der Waals surface area contributed by atoms with Gasteiger partial charge in [0.05, 0.1) is 17.6 Å². The standard InChI is InChI=1S/C35H43FN4O3/c1-3-43-33(42)35(13-14-35)32(41)38-18-15-34(16-19-38,25-7-6-8-26(36)21-25)17-20-39-27-11-12-28(39)23-29(22-27)40-24(2)37-30-9-4-5-10-31(30)40/h4-10,21,27-29H,3,11-20,22-23H2,1-2H3/t27-,28+,29?. The van der Waals surface area contributed by atoms with Gasteiger partial charge in [-0.1, -0.05) is 24.3 Å². The second-order valence-electron chi connectivity index (χ2n) is 13.4. The number of benzene rings is 2. The Labute approximate surface area is 253 Å². The van der Waals surface area contributed by atoms with E-state index in [0.717, 1.165) is 55.6 Å². The molecule has 1 unspecified atom stereocenters. The van der Waals surface area contributed by atoms with Crippen LogP contribution in [0.5, 0.6) is 0 Å². The summed E-state index contributed by atoms with van der Waals surface area (Å²) in [6.45, 7) is 6.34. The fourth-order valence-corrected chi connectivity index (χ4v) is 8.63. The summed E-state index contributed by atoms with van der Waals surface area (Å²) in [5.74, 6) is 0.431. The zero-order valence-electron chi connectivity index (χ0n) is 25.4. The van der Waals surface area contributed by atoms with E-state index in [1.807, 2.05) is 11.0 Å². The molecule has 2 aromatic carbocycles. The molecule has 7 rings (SSSR count). The Morgan fingerprint density at radius 3 is 2.37 bits per heavy atom. The van der Waals surface area contributed by atoms with Gasteiger partial charge >= 0.3 is 5.97 Å². The number of likely N-dealkylation sites (tertiary alicyclic amines) is 1. The highest BCUT2D eigenvalue weighted by Gasteiger charge is 2.60. The molecule has 8 heteroatoms. The Hall–Kier alpha value is -3.26. The molecule has 4 fully saturated rings. The first-order valence-electron chi connectivity index (χ1n) is 16.3. The summed E-state index contributed by atoms with van der Waals surface area (Å²) < 4.78 is 22.3. The molecule has 7 nitrogen and oxygen atoms in total. The molecule has 1 aliphatic carbocycles. The van der Waals surface area contributed by atoms with Crippen molar-refractivity contribution >= 4 is 22.9 Å². The number of esters is 1. The third kappa shape index (κ3) is 4.95. The molecule has 3 atom stereocenters. The average Bonchev–Trinajstić information content (AvgIpc) is 3.70. The number of carbonyl (C=O) groups excluding carboxylic acids is 2. The van der Waals surface area contributed by atoms with Gasteiger partial charge in [-0.15, -0.1) is 0 Å². The number of amides is 1. The van der Waals surface area contributed by atoms with Crippen LogP contribution < -0.4 is 0 Å². The topological polar surface area (TPSA) is 67.7 Å². The highest BCUT2D eigenvalue weighted by Crippen LogP contribution is 2.50. The van der Waals surface area contributed by atoms with E-state index in [4.69, 9.17) is 9.72 Å². The predicted molar refractivity (Wildman–Crippen MR) is 163 cm³/mol. The third-order valence-electron chi connectivity index (χ3n) is 11.1. The van der Waals surface area contributed by atoms with Gasteiger partial charge in [0.2, 0.25) is 5.91 Å². The van der Waals surface area contributed by atoms with Crippen LogP contribution in [0.15, 0.2) is 48.5 Å². The van der Waals surface area contributed by atoms with Crippen LogP contribution in [0, 0.1) is 18.2 Å². The summed E-state index contributed by atoms with van der Waals surface area (Å²) >= 11 is 0. The van der Waals surface area contributed by atoms with Gasteiger partial charge < -0.3 is 14.2 Å². The number of halogens is 1. The van der Waals surface area contributed by atoms with Crippen molar-refractivity contribution in [1.82, 2.24) is 19.4 Å². The van der Waals surface area contributed by atoms with E-state index in [0.29, 0.717) is 44.1 Å². The van der Waals surface area contributed by atoms with Crippen LogP contribution in [0.1, 0.15) is 82.1 Å². The fraction of sp³-hybridized carbons (Fsp3) is 0.571. The molecule has 1 aromatic heterocycles. The summed E-state index contributed by atoms with van der Waals surface area (Å²) in [4.78, 5) is 35.5. The maximum atomic E-state index is 14.5. The van der Waals surface area contributed by atoms with Crippen molar-refractivity contribution in [2.75, 3.05) is 26.2 Å². The monoisotopic (exact) mass is 586 g/mol. The molecule has 1 saturated carbocycles. The lowest BCUT2D eigenvalue weighted by Crippen LogP contribution is -2.51. The highest BCUT2D eigenvalue weighted by molar-refractivity contribution is 6.05. The van der Waals surface area contributed by atoms with E-state index in [9.17, 15) is 14.0 Å². The zero-order valence-corrected chi connectivity index (χ0v) is 25.4. The first kappa shape index (κ1) is 28.5. The van der Waals surface area contributed by atoms with Crippen molar-refractivity contribution in [2.45, 2.75) is 95.2 Å². The van der Waals surface area contributed by atoms with Crippen molar-refractivity contribution in [3.8, 4) is 0 Å². The number of hydrogen-bond acceptors (Lipinski definition) is 5.